The fourth-order valence-electron chi connectivity index (χ4n) is 1.63. The number of halogens is 1. The van der Waals surface area contributed by atoms with Crippen LogP contribution >= 0.6 is 11.6 Å². The number of methoxy groups -OCH3 is 1. The first-order valence-corrected chi connectivity index (χ1v) is 6.54. The minimum atomic E-state index is -0.679. The van der Waals surface area contributed by atoms with Gasteiger partial charge in [-0.1, -0.05) is 13.8 Å². The topological polar surface area (TPSA) is 68.5 Å². The third-order valence-corrected chi connectivity index (χ3v) is 2.78. The summed E-state index contributed by atoms with van der Waals surface area (Å²) in [7, 11) is 1.29. The van der Waals surface area contributed by atoms with E-state index in [-0.39, 0.29) is 17.6 Å². The van der Waals surface area contributed by atoms with Crippen LogP contribution in [0.4, 0.5) is 0 Å². The lowest BCUT2D eigenvalue weighted by Crippen LogP contribution is -2.42. The Hall–Kier alpha value is -1.49. The number of esters is 1. The minimum absolute atomic E-state index is 0.133. The monoisotopic (exact) mass is 287 g/mol. The predicted octanol–water partition coefficient (Wildman–Crippen LogP) is 2.34. The molecule has 0 spiro atoms. The van der Waals surface area contributed by atoms with Gasteiger partial charge in [0.25, 0.3) is 5.91 Å². The second-order valence-electron chi connectivity index (χ2n) is 4.58. The zero-order valence-corrected chi connectivity index (χ0v) is 12.0. The average Bonchev–Trinajstić information content (AvgIpc) is 2.85. The van der Waals surface area contributed by atoms with Crippen molar-refractivity contribution >= 4 is 23.5 Å². The Morgan fingerprint density at radius 2 is 2.11 bits per heavy atom. The van der Waals surface area contributed by atoms with E-state index in [0.717, 1.165) is 0 Å². The molecule has 0 saturated carbocycles. The molecular weight excluding hydrogens is 270 g/mol. The molecule has 0 saturated heterocycles. The van der Waals surface area contributed by atoms with Crippen molar-refractivity contribution in [2.24, 2.45) is 5.92 Å². The van der Waals surface area contributed by atoms with Crippen molar-refractivity contribution in [3.63, 3.8) is 0 Å². The van der Waals surface area contributed by atoms with E-state index in [2.05, 4.69) is 10.1 Å². The number of hydrogen-bond donors (Lipinski definition) is 1. The summed E-state index contributed by atoms with van der Waals surface area (Å²) < 4.78 is 9.89. The van der Waals surface area contributed by atoms with Crippen LogP contribution in [0.25, 0.3) is 0 Å². The molecule has 1 atom stereocenters. The van der Waals surface area contributed by atoms with E-state index in [0.29, 0.717) is 12.2 Å². The number of alkyl halides is 1. The van der Waals surface area contributed by atoms with Gasteiger partial charge >= 0.3 is 5.97 Å². The maximum Gasteiger partial charge on any atom is 0.328 e. The normalized spacial score (nSPS) is 12.3. The summed E-state index contributed by atoms with van der Waals surface area (Å²) in [4.78, 5) is 23.5. The zero-order chi connectivity index (χ0) is 14.4. The summed E-state index contributed by atoms with van der Waals surface area (Å²) in [5, 5.41) is 2.60. The maximum absolute atomic E-state index is 11.9. The van der Waals surface area contributed by atoms with Crippen LogP contribution in [-0.4, -0.2) is 25.0 Å². The van der Waals surface area contributed by atoms with Crippen LogP contribution in [0.15, 0.2) is 16.5 Å². The van der Waals surface area contributed by atoms with Gasteiger partial charge < -0.3 is 14.5 Å². The number of rotatable bonds is 6. The molecule has 5 nitrogen and oxygen atoms in total. The van der Waals surface area contributed by atoms with Crippen LogP contribution in [0.3, 0.4) is 0 Å². The molecular formula is C13H18ClNO4. The van der Waals surface area contributed by atoms with Gasteiger partial charge in [-0.3, -0.25) is 4.79 Å². The Morgan fingerprint density at radius 3 is 2.58 bits per heavy atom. The van der Waals surface area contributed by atoms with Crippen molar-refractivity contribution in [2.45, 2.75) is 32.2 Å². The van der Waals surface area contributed by atoms with E-state index in [9.17, 15) is 9.59 Å². The molecule has 1 amide bonds. The third kappa shape index (κ3) is 4.59. The summed E-state index contributed by atoms with van der Waals surface area (Å²) >= 11 is 5.59. The molecule has 19 heavy (non-hydrogen) atoms. The number of hydrogen-bond acceptors (Lipinski definition) is 4. The molecule has 1 N–H and O–H groups in total. The molecule has 1 aromatic rings. The largest absolute Gasteiger partial charge is 0.467 e. The average molecular weight is 288 g/mol. The number of ether oxygens (including phenoxy) is 1. The second kappa shape index (κ2) is 7.19. The van der Waals surface area contributed by atoms with Gasteiger partial charge in [0.1, 0.15) is 11.8 Å². The van der Waals surface area contributed by atoms with E-state index in [1.54, 1.807) is 6.07 Å². The molecule has 1 aromatic heterocycles. The third-order valence-electron chi connectivity index (χ3n) is 2.52. The number of carbonyl (C=O) groups excluding carboxylic acids is 2. The van der Waals surface area contributed by atoms with Gasteiger partial charge in [0, 0.05) is 0 Å². The summed E-state index contributed by atoms with van der Waals surface area (Å²) in [5.41, 5.74) is 0. The van der Waals surface area contributed by atoms with Crippen molar-refractivity contribution in [3.8, 4) is 0 Å². The van der Waals surface area contributed by atoms with Crippen molar-refractivity contribution in [1.82, 2.24) is 5.32 Å². The van der Waals surface area contributed by atoms with E-state index in [1.165, 1.54) is 13.2 Å². The first-order chi connectivity index (χ1) is 8.97. The molecule has 0 aliphatic heterocycles. The number of amides is 1. The fraction of sp³-hybridized carbons (Fsp3) is 0.538. The molecule has 0 bridgehead atoms. The molecule has 106 valence electrons. The highest BCUT2D eigenvalue weighted by Gasteiger charge is 2.24. The van der Waals surface area contributed by atoms with Gasteiger partial charge in [0.2, 0.25) is 0 Å². The Morgan fingerprint density at radius 1 is 1.42 bits per heavy atom. The Balaban J connectivity index is 2.72. The van der Waals surface area contributed by atoms with Gasteiger partial charge in [-0.15, -0.1) is 11.6 Å². The Labute approximate surface area is 117 Å². The second-order valence-corrected chi connectivity index (χ2v) is 4.85. The van der Waals surface area contributed by atoms with Gasteiger partial charge in [-0.25, -0.2) is 4.79 Å². The quantitative estimate of drug-likeness (QED) is 0.644. The van der Waals surface area contributed by atoms with Crippen molar-refractivity contribution in [2.75, 3.05) is 7.11 Å². The molecule has 0 aromatic carbocycles. The van der Waals surface area contributed by atoms with E-state index in [4.69, 9.17) is 16.0 Å². The van der Waals surface area contributed by atoms with Crippen LogP contribution in [0.5, 0.6) is 0 Å². The molecule has 6 heteroatoms. The lowest BCUT2D eigenvalue weighted by molar-refractivity contribution is -0.143. The summed E-state index contributed by atoms with van der Waals surface area (Å²) in [6.45, 7) is 3.92. The fourth-order valence-corrected chi connectivity index (χ4v) is 1.77. The van der Waals surface area contributed by atoms with E-state index in [1.807, 2.05) is 13.8 Å². The van der Waals surface area contributed by atoms with Gasteiger partial charge in [-0.05, 0) is 24.5 Å². The van der Waals surface area contributed by atoms with Gasteiger partial charge in [0.05, 0.1) is 13.0 Å². The van der Waals surface area contributed by atoms with E-state index < -0.39 is 17.9 Å². The van der Waals surface area contributed by atoms with Crippen LogP contribution < -0.4 is 5.32 Å². The SMILES string of the molecule is COC(=O)C(CC(C)C)NC(=O)c1ccc(CCl)o1. The standard InChI is InChI=1S/C13H18ClNO4/c1-8(2)6-10(13(17)18-3)15-12(16)11-5-4-9(7-14)19-11/h4-5,8,10H,6-7H2,1-3H3,(H,15,16). The van der Waals surface area contributed by atoms with Gasteiger partial charge in [-0.2, -0.15) is 0 Å². The molecule has 1 unspecified atom stereocenters. The van der Waals surface area contributed by atoms with Crippen molar-refractivity contribution in [3.05, 3.63) is 23.7 Å². The minimum Gasteiger partial charge on any atom is -0.467 e. The molecule has 1 rings (SSSR count). The Bertz CT molecular complexity index is 442. The lowest BCUT2D eigenvalue weighted by atomic mass is 10.0. The highest BCUT2D eigenvalue weighted by atomic mass is 35.5. The first kappa shape index (κ1) is 15.6. The summed E-state index contributed by atoms with van der Waals surface area (Å²) in [6.07, 6.45) is 0.501. The van der Waals surface area contributed by atoms with Crippen molar-refractivity contribution < 1.29 is 18.7 Å². The van der Waals surface area contributed by atoms with Gasteiger partial charge in [0.15, 0.2) is 5.76 Å². The Kier molecular flexibility index (Phi) is 5.89. The van der Waals surface area contributed by atoms with E-state index >= 15 is 0 Å². The number of furan rings is 1. The first-order valence-electron chi connectivity index (χ1n) is 6.01. The molecule has 0 fully saturated rings. The van der Waals surface area contributed by atoms with Crippen molar-refractivity contribution in [1.29, 1.82) is 0 Å². The van der Waals surface area contributed by atoms with Crippen LogP contribution in [0.1, 0.15) is 36.6 Å². The van der Waals surface area contributed by atoms with Crippen LogP contribution in [-0.2, 0) is 15.4 Å². The molecule has 0 radical (unpaired) electrons. The van der Waals surface area contributed by atoms with Crippen LogP contribution in [0, 0.1) is 5.92 Å². The highest BCUT2D eigenvalue weighted by molar-refractivity contribution is 6.16. The molecule has 1 heterocycles. The predicted molar refractivity (Wildman–Crippen MR) is 71.0 cm³/mol. The highest BCUT2D eigenvalue weighted by Crippen LogP contribution is 2.12. The summed E-state index contributed by atoms with van der Waals surface area (Å²) in [5.74, 6) is 0.163. The number of nitrogens with one attached hydrogen (secondary N) is 1. The zero-order valence-electron chi connectivity index (χ0n) is 11.2. The van der Waals surface area contributed by atoms with Crippen LogP contribution in [0.2, 0.25) is 0 Å². The molecule has 0 aliphatic carbocycles. The smallest absolute Gasteiger partial charge is 0.328 e. The number of carbonyl (C=O) groups is 2. The molecule has 0 aliphatic rings. The summed E-state index contributed by atoms with van der Waals surface area (Å²) in [6, 6.07) is 2.47. The lowest BCUT2D eigenvalue weighted by Gasteiger charge is -2.17. The maximum atomic E-state index is 11.9.